The number of guanidine groups is 1. The largest absolute Gasteiger partial charge is 0.357 e. The maximum atomic E-state index is 4.71. The van der Waals surface area contributed by atoms with E-state index in [0.717, 1.165) is 35.3 Å². The normalized spacial score (nSPS) is 11.1. The third-order valence-corrected chi connectivity index (χ3v) is 4.11. The van der Waals surface area contributed by atoms with Crippen molar-refractivity contribution < 1.29 is 0 Å². The molecule has 3 rings (SSSR count). The Morgan fingerprint density at radius 3 is 2.70 bits per heavy atom. The summed E-state index contributed by atoms with van der Waals surface area (Å²) in [6, 6.07) is 12.2. The molecule has 0 aliphatic rings. The van der Waals surface area contributed by atoms with Crippen LogP contribution >= 0.6 is 24.0 Å². The quantitative estimate of drug-likeness (QED) is 0.324. The zero-order valence-corrected chi connectivity index (χ0v) is 18.2. The lowest BCUT2D eigenvalue weighted by molar-refractivity contribution is 0.463. The molecule has 0 unspecified atom stereocenters. The number of hydrogen-bond donors (Lipinski definition) is 2. The molecule has 0 aliphatic heterocycles. The zero-order chi connectivity index (χ0) is 18.4. The van der Waals surface area contributed by atoms with E-state index in [9.17, 15) is 0 Å². The standard InChI is InChI=1S/C19H25N7.HI/c1-4-20-19(22-12-16-10-11-23-26(16)3)25(2)14-18-21-13-17(24-18)15-8-6-5-7-9-15;/h5-11,13H,4,12,14H2,1-3H3,(H,20,22)(H,21,24);1H. The van der Waals surface area contributed by atoms with Crippen LogP contribution in [0.5, 0.6) is 0 Å². The summed E-state index contributed by atoms with van der Waals surface area (Å²) in [7, 11) is 3.94. The lowest BCUT2D eigenvalue weighted by atomic mass is 10.2. The van der Waals surface area contributed by atoms with Crippen molar-refractivity contribution in [3.8, 4) is 11.3 Å². The van der Waals surface area contributed by atoms with Crippen LogP contribution in [0.25, 0.3) is 11.3 Å². The topological polar surface area (TPSA) is 74.1 Å². The van der Waals surface area contributed by atoms with Gasteiger partial charge in [-0.05, 0) is 18.6 Å². The summed E-state index contributed by atoms with van der Waals surface area (Å²) in [5, 5.41) is 7.51. The molecule has 0 bridgehead atoms. The Kier molecular flexibility index (Phi) is 7.83. The molecule has 0 radical (unpaired) electrons. The number of aromatic amines is 1. The minimum absolute atomic E-state index is 0. The second-order valence-electron chi connectivity index (χ2n) is 6.08. The first kappa shape index (κ1) is 20.9. The Morgan fingerprint density at radius 1 is 1.26 bits per heavy atom. The van der Waals surface area contributed by atoms with Crippen LogP contribution in [0, 0.1) is 0 Å². The number of aromatic nitrogens is 4. The summed E-state index contributed by atoms with van der Waals surface area (Å²) in [5.74, 6) is 1.74. The van der Waals surface area contributed by atoms with E-state index in [0.29, 0.717) is 13.1 Å². The zero-order valence-electron chi connectivity index (χ0n) is 15.9. The number of nitrogens with one attached hydrogen (secondary N) is 2. The van der Waals surface area contributed by atoms with E-state index >= 15 is 0 Å². The van der Waals surface area contributed by atoms with Gasteiger partial charge in [-0.25, -0.2) is 9.98 Å². The van der Waals surface area contributed by atoms with Crippen molar-refractivity contribution in [2.24, 2.45) is 12.0 Å². The van der Waals surface area contributed by atoms with Crippen LogP contribution in [0.2, 0.25) is 0 Å². The predicted molar refractivity (Wildman–Crippen MR) is 119 cm³/mol. The number of imidazole rings is 1. The van der Waals surface area contributed by atoms with Crippen molar-refractivity contribution in [3.05, 3.63) is 60.3 Å². The monoisotopic (exact) mass is 479 g/mol. The Hall–Kier alpha value is -2.36. The number of H-pyrrole nitrogens is 1. The maximum Gasteiger partial charge on any atom is 0.194 e. The molecule has 0 spiro atoms. The van der Waals surface area contributed by atoms with Crippen molar-refractivity contribution in [3.63, 3.8) is 0 Å². The molecule has 27 heavy (non-hydrogen) atoms. The van der Waals surface area contributed by atoms with Crippen molar-refractivity contribution >= 4 is 29.9 Å². The number of nitrogens with zero attached hydrogens (tertiary/aromatic N) is 5. The highest BCUT2D eigenvalue weighted by molar-refractivity contribution is 14.0. The second kappa shape index (κ2) is 10.1. The summed E-state index contributed by atoms with van der Waals surface area (Å²) in [5.41, 5.74) is 3.22. The molecule has 2 N–H and O–H groups in total. The highest BCUT2D eigenvalue weighted by Crippen LogP contribution is 2.16. The third-order valence-electron chi connectivity index (χ3n) is 4.11. The second-order valence-corrected chi connectivity index (χ2v) is 6.08. The van der Waals surface area contributed by atoms with E-state index in [1.807, 2.05) is 49.2 Å². The maximum absolute atomic E-state index is 4.71. The summed E-state index contributed by atoms with van der Waals surface area (Å²) >= 11 is 0. The molecule has 0 saturated heterocycles. The first-order chi connectivity index (χ1) is 12.7. The van der Waals surface area contributed by atoms with E-state index < -0.39 is 0 Å². The van der Waals surface area contributed by atoms with Crippen molar-refractivity contribution in [1.82, 2.24) is 30.0 Å². The number of aryl methyl sites for hydroxylation is 1. The van der Waals surface area contributed by atoms with Crippen LogP contribution < -0.4 is 5.32 Å². The smallest absolute Gasteiger partial charge is 0.194 e. The van der Waals surface area contributed by atoms with Crippen LogP contribution in [-0.4, -0.2) is 44.2 Å². The van der Waals surface area contributed by atoms with E-state index in [4.69, 9.17) is 4.99 Å². The number of hydrogen-bond acceptors (Lipinski definition) is 3. The van der Waals surface area contributed by atoms with Crippen molar-refractivity contribution in [2.75, 3.05) is 13.6 Å². The molecule has 0 aliphatic carbocycles. The summed E-state index contributed by atoms with van der Waals surface area (Å²) in [6.45, 7) is 4.09. The fraction of sp³-hybridized carbons (Fsp3) is 0.316. The average molecular weight is 479 g/mol. The van der Waals surface area contributed by atoms with Gasteiger partial charge < -0.3 is 15.2 Å². The summed E-state index contributed by atoms with van der Waals surface area (Å²) in [4.78, 5) is 14.7. The third kappa shape index (κ3) is 5.56. The molecule has 8 heteroatoms. The van der Waals surface area contributed by atoms with Gasteiger partial charge in [0.25, 0.3) is 0 Å². The number of benzene rings is 1. The summed E-state index contributed by atoms with van der Waals surface area (Å²) < 4.78 is 1.84. The molecular formula is C19H26IN7. The first-order valence-electron chi connectivity index (χ1n) is 8.73. The molecule has 2 heterocycles. The van der Waals surface area contributed by atoms with Gasteiger partial charge >= 0.3 is 0 Å². The van der Waals surface area contributed by atoms with E-state index in [-0.39, 0.29) is 24.0 Å². The lowest BCUT2D eigenvalue weighted by Gasteiger charge is -2.21. The van der Waals surface area contributed by atoms with Gasteiger partial charge in [0.05, 0.1) is 30.7 Å². The van der Waals surface area contributed by atoms with Crippen LogP contribution in [0.15, 0.2) is 53.8 Å². The predicted octanol–water partition coefficient (Wildman–Crippen LogP) is 3.03. The van der Waals surface area contributed by atoms with Gasteiger partial charge in [-0.3, -0.25) is 4.68 Å². The van der Waals surface area contributed by atoms with Gasteiger partial charge in [-0.2, -0.15) is 5.10 Å². The minimum Gasteiger partial charge on any atom is -0.357 e. The van der Waals surface area contributed by atoms with Gasteiger partial charge in [0.2, 0.25) is 0 Å². The molecule has 2 aromatic heterocycles. The molecule has 0 amide bonds. The Morgan fingerprint density at radius 2 is 2.04 bits per heavy atom. The number of rotatable bonds is 6. The van der Waals surface area contributed by atoms with Crippen molar-refractivity contribution in [1.29, 1.82) is 0 Å². The van der Waals surface area contributed by atoms with E-state index in [2.05, 4.69) is 44.3 Å². The van der Waals surface area contributed by atoms with Gasteiger partial charge in [0.1, 0.15) is 5.82 Å². The first-order valence-corrected chi connectivity index (χ1v) is 8.73. The molecule has 0 saturated carbocycles. The number of aliphatic imine (C=N–C) groups is 1. The Balaban J connectivity index is 0.00000261. The molecule has 3 aromatic rings. The molecule has 144 valence electrons. The molecule has 0 fully saturated rings. The Bertz CT molecular complexity index is 854. The van der Waals surface area contributed by atoms with Crippen LogP contribution in [0.4, 0.5) is 0 Å². The molecular weight excluding hydrogens is 453 g/mol. The SMILES string of the molecule is CCNC(=NCc1ccnn1C)N(C)Cc1ncc(-c2ccccc2)[nH]1.I. The van der Waals surface area contributed by atoms with Gasteiger partial charge in [-0.15, -0.1) is 24.0 Å². The van der Waals surface area contributed by atoms with E-state index in [1.54, 1.807) is 6.20 Å². The fourth-order valence-electron chi connectivity index (χ4n) is 2.69. The minimum atomic E-state index is 0. The van der Waals surface area contributed by atoms with Gasteiger partial charge in [-0.1, -0.05) is 30.3 Å². The summed E-state index contributed by atoms with van der Waals surface area (Å²) in [6.07, 6.45) is 3.66. The highest BCUT2D eigenvalue weighted by atomic mass is 127. The Labute approximate surface area is 176 Å². The molecule has 0 atom stereocenters. The fourth-order valence-corrected chi connectivity index (χ4v) is 2.69. The van der Waals surface area contributed by atoms with E-state index in [1.165, 1.54) is 0 Å². The van der Waals surface area contributed by atoms with Crippen LogP contribution in [0.1, 0.15) is 18.4 Å². The highest BCUT2D eigenvalue weighted by Gasteiger charge is 2.10. The van der Waals surface area contributed by atoms with Gasteiger partial charge in [0.15, 0.2) is 5.96 Å². The number of halogens is 1. The lowest BCUT2D eigenvalue weighted by Crippen LogP contribution is -2.38. The molecule has 1 aromatic carbocycles. The van der Waals surface area contributed by atoms with Gasteiger partial charge in [0, 0.05) is 26.8 Å². The van der Waals surface area contributed by atoms with Crippen LogP contribution in [0.3, 0.4) is 0 Å². The molecule has 7 nitrogen and oxygen atoms in total. The van der Waals surface area contributed by atoms with Crippen LogP contribution in [-0.2, 0) is 20.1 Å². The van der Waals surface area contributed by atoms with Crippen molar-refractivity contribution in [2.45, 2.75) is 20.0 Å². The average Bonchev–Trinajstić information content (AvgIpc) is 3.28.